The maximum absolute atomic E-state index is 11.5. The molecule has 0 radical (unpaired) electrons. The lowest BCUT2D eigenvalue weighted by Gasteiger charge is -2.42. The van der Waals surface area contributed by atoms with Gasteiger partial charge >= 0.3 is 0 Å². The predicted octanol–water partition coefficient (Wildman–Crippen LogP) is 2.14. The summed E-state index contributed by atoms with van der Waals surface area (Å²) in [5, 5.41) is 11.5. The average molecular weight is 348 g/mol. The van der Waals surface area contributed by atoms with E-state index in [-0.39, 0.29) is 12.0 Å². The van der Waals surface area contributed by atoms with Crippen molar-refractivity contribution in [2.75, 3.05) is 26.4 Å². The lowest BCUT2D eigenvalue weighted by molar-refractivity contribution is 0.0464. The van der Waals surface area contributed by atoms with Crippen LogP contribution in [0.3, 0.4) is 0 Å². The van der Waals surface area contributed by atoms with Gasteiger partial charge in [0.15, 0.2) is 0 Å². The summed E-state index contributed by atoms with van der Waals surface area (Å²) in [4.78, 5) is 0. The Balaban J connectivity index is 1.57. The van der Waals surface area contributed by atoms with E-state index in [1.54, 1.807) is 0 Å². The second-order valence-electron chi connectivity index (χ2n) is 8.47. The van der Waals surface area contributed by atoms with Gasteiger partial charge in [0.25, 0.3) is 0 Å². The van der Waals surface area contributed by atoms with Crippen LogP contribution in [0, 0.1) is 5.92 Å². The first-order valence-corrected chi connectivity index (χ1v) is 9.66. The Morgan fingerprint density at radius 2 is 1.24 bits per heavy atom. The van der Waals surface area contributed by atoms with Gasteiger partial charge in [0, 0.05) is 25.2 Å². The Hall–Kier alpha value is -0.720. The lowest BCUT2D eigenvalue weighted by atomic mass is 9.66. The summed E-state index contributed by atoms with van der Waals surface area (Å²) >= 11 is 0. The number of ether oxygens (including phenoxy) is 4. The van der Waals surface area contributed by atoms with E-state index in [1.807, 2.05) is 6.92 Å². The van der Waals surface area contributed by atoms with Gasteiger partial charge in [0.1, 0.15) is 0 Å². The number of hydrogen-bond donors (Lipinski definition) is 1. The number of aliphatic hydroxyl groups is 1. The molecule has 0 saturated carbocycles. The van der Waals surface area contributed by atoms with Crippen LogP contribution in [0.4, 0.5) is 0 Å². The van der Waals surface area contributed by atoms with Crippen LogP contribution < -0.4 is 0 Å². The summed E-state index contributed by atoms with van der Waals surface area (Å²) in [6.45, 7) is 7.51. The molecule has 0 bridgehead atoms. The van der Waals surface area contributed by atoms with Gasteiger partial charge in [-0.1, -0.05) is 12.5 Å². The van der Waals surface area contributed by atoms with Gasteiger partial charge in [0.05, 0.1) is 56.4 Å². The van der Waals surface area contributed by atoms with Gasteiger partial charge < -0.3 is 24.1 Å². The van der Waals surface area contributed by atoms with Gasteiger partial charge in [-0.3, -0.25) is 0 Å². The smallest absolute Gasteiger partial charge is 0.0898 e. The second kappa shape index (κ2) is 5.89. The monoisotopic (exact) mass is 348 g/mol. The highest BCUT2D eigenvalue weighted by molar-refractivity contribution is 5.50. The van der Waals surface area contributed by atoms with Crippen molar-refractivity contribution in [2.24, 2.45) is 5.92 Å². The molecule has 4 aliphatic heterocycles. The van der Waals surface area contributed by atoms with Crippen LogP contribution in [0.25, 0.3) is 0 Å². The molecule has 6 unspecified atom stereocenters. The van der Waals surface area contributed by atoms with Crippen molar-refractivity contribution in [1.29, 1.82) is 0 Å². The Labute approximate surface area is 149 Å². The van der Waals surface area contributed by atoms with Gasteiger partial charge in [0.2, 0.25) is 0 Å². The summed E-state index contributed by atoms with van der Waals surface area (Å²) in [6, 6.07) is 0. The summed E-state index contributed by atoms with van der Waals surface area (Å²) < 4.78 is 22.1. The summed E-state index contributed by atoms with van der Waals surface area (Å²) in [7, 11) is 0. The van der Waals surface area contributed by atoms with Gasteiger partial charge in [-0.05, 0) is 30.1 Å². The maximum atomic E-state index is 11.5. The third-order valence-electron chi connectivity index (χ3n) is 6.45. The van der Waals surface area contributed by atoms with Crippen LogP contribution >= 0.6 is 0 Å². The SMILES string of the molecule is CC1C(CC2CO2)=C(CC2CO2)C(CC2CO2)=C(CC2CO2)C1(C)O. The van der Waals surface area contributed by atoms with E-state index in [0.29, 0.717) is 18.3 Å². The minimum Gasteiger partial charge on any atom is -0.385 e. The number of hydrogen-bond acceptors (Lipinski definition) is 5. The third-order valence-corrected chi connectivity index (χ3v) is 6.45. The van der Waals surface area contributed by atoms with Crippen LogP contribution in [0.1, 0.15) is 39.5 Å². The van der Waals surface area contributed by atoms with E-state index in [1.165, 1.54) is 22.3 Å². The van der Waals surface area contributed by atoms with E-state index in [0.717, 1.165) is 52.1 Å². The Bertz CT molecular complexity index is 618. The highest BCUT2D eigenvalue weighted by Gasteiger charge is 2.47. The molecule has 25 heavy (non-hydrogen) atoms. The van der Waals surface area contributed by atoms with Crippen molar-refractivity contribution in [3.63, 3.8) is 0 Å². The van der Waals surface area contributed by atoms with Crippen LogP contribution in [-0.2, 0) is 18.9 Å². The van der Waals surface area contributed by atoms with E-state index < -0.39 is 5.60 Å². The predicted molar refractivity (Wildman–Crippen MR) is 91.3 cm³/mol. The first kappa shape index (κ1) is 16.5. The van der Waals surface area contributed by atoms with Crippen molar-refractivity contribution in [1.82, 2.24) is 0 Å². The third kappa shape index (κ3) is 3.45. The molecule has 1 N–H and O–H groups in total. The molecule has 5 rings (SSSR count). The van der Waals surface area contributed by atoms with Crippen molar-refractivity contribution < 1.29 is 24.1 Å². The van der Waals surface area contributed by atoms with Crippen molar-refractivity contribution >= 4 is 0 Å². The van der Waals surface area contributed by atoms with E-state index in [2.05, 4.69) is 6.92 Å². The highest BCUT2D eigenvalue weighted by Crippen LogP contribution is 2.50. The molecule has 5 nitrogen and oxygen atoms in total. The van der Waals surface area contributed by atoms with Crippen LogP contribution in [0.15, 0.2) is 22.3 Å². The molecule has 4 fully saturated rings. The molecule has 0 aromatic carbocycles. The molecule has 1 aliphatic carbocycles. The van der Waals surface area contributed by atoms with E-state index in [9.17, 15) is 5.11 Å². The molecular weight excluding hydrogens is 320 g/mol. The summed E-state index contributed by atoms with van der Waals surface area (Å²) in [6.07, 6.45) is 4.88. The summed E-state index contributed by atoms with van der Waals surface area (Å²) in [5.41, 5.74) is 4.47. The van der Waals surface area contributed by atoms with Crippen molar-refractivity contribution in [3.05, 3.63) is 22.3 Å². The molecular formula is C20H28O5. The molecule has 5 aliphatic rings. The van der Waals surface area contributed by atoms with E-state index in [4.69, 9.17) is 18.9 Å². The standard InChI is InChI=1S/C20H28O5/c1-11-16(3-12-7-22-12)17(4-13-8-23-13)18(5-14-9-24-14)19(20(11,2)21)6-15-10-25-15/h11-15,21H,3-10H2,1-2H3. The molecule has 0 amide bonds. The zero-order valence-corrected chi connectivity index (χ0v) is 15.1. The number of epoxide rings is 4. The van der Waals surface area contributed by atoms with Crippen LogP contribution in [0.2, 0.25) is 0 Å². The Morgan fingerprint density at radius 1 is 0.800 bits per heavy atom. The highest BCUT2D eigenvalue weighted by atomic mass is 16.6. The normalized spacial score (nSPS) is 45.0. The fourth-order valence-corrected chi connectivity index (χ4v) is 4.35. The minimum atomic E-state index is -0.825. The molecule has 6 atom stereocenters. The fourth-order valence-electron chi connectivity index (χ4n) is 4.35. The Kier molecular flexibility index (Phi) is 3.88. The lowest BCUT2D eigenvalue weighted by Crippen LogP contribution is -2.41. The zero-order valence-electron chi connectivity index (χ0n) is 15.1. The van der Waals surface area contributed by atoms with Crippen molar-refractivity contribution in [3.8, 4) is 0 Å². The largest absolute Gasteiger partial charge is 0.385 e. The number of rotatable bonds is 8. The zero-order chi connectivity index (χ0) is 17.2. The molecule has 4 saturated heterocycles. The quantitative estimate of drug-likeness (QED) is 0.681. The van der Waals surface area contributed by atoms with Crippen LogP contribution in [-0.4, -0.2) is 61.6 Å². The van der Waals surface area contributed by atoms with Gasteiger partial charge in [-0.2, -0.15) is 0 Å². The van der Waals surface area contributed by atoms with Gasteiger partial charge in [-0.15, -0.1) is 0 Å². The molecule has 0 aromatic rings. The maximum Gasteiger partial charge on any atom is 0.0898 e. The average Bonchev–Trinajstić information content (AvgIpc) is 3.43. The topological polar surface area (TPSA) is 70.3 Å². The molecule has 138 valence electrons. The molecule has 0 aromatic heterocycles. The van der Waals surface area contributed by atoms with Crippen molar-refractivity contribution in [2.45, 2.75) is 69.5 Å². The first-order valence-electron chi connectivity index (χ1n) is 9.66. The molecule has 5 heteroatoms. The molecule has 4 heterocycles. The van der Waals surface area contributed by atoms with Gasteiger partial charge in [-0.25, -0.2) is 0 Å². The molecule has 0 spiro atoms. The minimum absolute atomic E-state index is 0.100. The summed E-state index contributed by atoms with van der Waals surface area (Å²) in [5.74, 6) is 0.100. The fraction of sp³-hybridized carbons (Fsp3) is 0.800. The van der Waals surface area contributed by atoms with E-state index >= 15 is 0 Å². The first-order chi connectivity index (χ1) is 12.0. The second-order valence-corrected chi connectivity index (χ2v) is 8.47. The Morgan fingerprint density at radius 3 is 1.76 bits per heavy atom. The van der Waals surface area contributed by atoms with Crippen LogP contribution in [0.5, 0.6) is 0 Å².